The van der Waals surface area contributed by atoms with Gasteiger partial charge in [-0.1, -0.05) is 45.8 Å². The van der Waals surface area contributed by atoms with Crippen molar-refractivity contribution in [1.82, 2.24) is 0 Å². The molecule has 3 unspecified atom stereocenters. The van der Waals surface area contributed by atoms with Crippen LogP contribution >= 0.6 is 0 Å². The molecule has 1 saturated carbocycles. The minimum absolute atomic E-state index is 0.951. The SMILES string of the molecule is CC.CC1CCCC2C=CCCC12. The van der Waals surface area contributed by atoms with Gasteiger partial charge in [0, 0.05) is 0 Å². The van der Waals surface area contributed by atoms with Crippen LogP contribution in [-0.2, 0) is 0 Å². The van der Waals surface area contributed by atoms with Crippen LogP contribution in [0.5, 0.6) is 0 Å². The van der Waals surface area contributed by atoms with Crippen molar-refractivity contribution in [2.45, 2.75) is 52.9 Å². The van der Waals surface area contributed by atoms with Gasteiger partial charge >= 0.3 is 0 Å². The van der Waals surface area contributed by atoms with E-state index in [1.54, 1.807) is 0 Å². The molecule has 76 valence electrons. The molecule has 0 aromatic rings. The molecule has 0 radical (unpaired) electrons. The molecule has 0 N–H and O–H groups in total. The van der Waals surface area contributed by atoms with E-state index in [9.17, 15) is 0 Å². The zero-order valence-electron chi connectivity index (χ0n) is 9.42. The fourth-order valence-electron chi connectivity index (χ4n) is 2.82. The van der Waals surface area contributed by atoms with Crippen molar-refractivity contribution in [2.75, 3.05) is 0 Å². The Bertz CT molecular complexity index is 157. The molecule has 2 aliphatic carbocycles. The first kappa shape index (κ1) is 10.8. The Morgan fingerprint density at radius 2 is 1.85 bits per heavy atom. The highest BCUT2D eigenvalue weighted by atomic mass is 14.3. The Hall–Kier alpha value is -0.260. The molecule has 0 heteroatoms. The lowest BCUT2D eigenvalue weighted by molar-refractivity contribution is 0.181. The van der Waals surface area contributed by atoms with Gasteiger partial charge in [-0.05, 0) is 37.0 Å². The molecule has 3 atom stereocenters. The number of hydrogen-bond acceptors (Lipinski definition) is 0. The van der Waals surface area contributed by atoms with Crippen LogP contribution in [0.25, 0.3) is 0 Å². The lowest BCUT2D eigenvalue weighted by Gasteiger charge is -2.37. The van der Waals surface area contributed by atoms with Gasteiger partial charge in [0.05, 0.1) is 0 Å². The Kier molecular flexibility index (Phi) is 4.55. The maximum atomic E-state index is 2.48. The van der Waals surface area contributed by atoms with Crippen molar-refractivity contribution >= 4 is 0 Å². The first-order chi connectivity index (χ1) is 6.38. The summed E-state index contributed by atoms with van der Waals surface area (Å²) < 4.78 is 0. The summed E-state index contributed by atoms with van der Waals surface area (Å²) in [5, 5.41) is 0. The Balaban J connectivity index is 0.000000396. The molecule has 2 aliphatic rings. The second-order valence-electron chi connectivity index (χ2n) is 4.24. The van der Waals surface area contributed by atoms with Crippen LogP contribution in [0, 0.1) is 17.8 Å². The number of allylic oxidation sites excluding steroid dienone is 2. The van der Waals surface area contributed by atoms with Crippen molar-refractivity contribution in [2.24, 2.45) is 17.8 Å². The van der Waals surface area contributed by atoms with Gasteiger partial charge in [-0.25, -0.2) is 0 Å². The topological polar surface area (TPSA) is 0 Å². The average molecular weight is 180 g/mol. The molecule has 13 heavy (non-hydrogen) atoms. The van der Waals surface area contributed by atoms with Crippen molar-refractivity contribution in [1.29, 1.82) is 0 Å². The van der Waals surface area contributed by atoms with Crippen molar-refractivity contribution < 1.29 is 0 Å². The zero-order chi connectivity index (χ0) is 9.68. The van der Waals surface area contributed by atoms with Crippen LogP contribution in [-0.4, -0.2) is 0 Å². The second-order valence-corrected chi connectivity index (χ2v) is 4.24. The molecule has 0 aromatic heterocycles. The number of hydrogen-bond donors (Lipinski definition) is 0. The van der Waals surface area contributed by atoms with Crippen LogP contribution in [0.1, 0.15) is 52.9 Å². The lowest BCUT2D eigenvalue weighted by atomic mass is 9.69. The van der Waals surface area contributed by atoms with E-state index in [-0.39, 0.29) is 0 Å². The molecule has 0 saturated heterocycles. The summed E-state index contributed by atoms with van der Waals surface area (Å²) in [7, 11) is 0. The molecular formula is C13H24. The van der Waals surface area contributed by atoms with Gasteiger partial charge < -0.3 is 0 Å². The molecule has 0 heterocycles. The van der Waals surface area contributed by atoms with Crippen LogP contribution in [0.15, 0.2) is 12.2 Å². The third-order valence-corrected chi connectivity index (χ3v) is 3.53. The highest BCUT2D eigenvalue weighted by Gasteiger charge is 2.29. The highest BCUT2D eigenvalue weighted by molar-refractivity contribution is 4.99. The van der Waals surface area contributed by atoms with E-state index in [2.05, 4.69) is 19.1 Å². The van der Waals surface area contributed by atoms with E-state index in [1.165, 1.54) is 32.1 Å². The third-order valence-electron chi connectivity index (χ3n) is 3.53. The molecular weight excluding hydrogens is 156 g/mol. The van der Waals surface area contributed by atoms with Gasteiger partial charge in [-0.3, -0.25) is 0 Å². The Labute approximate surface area is 83.4 Å². The van der Waals surface area contributed by atoms with E-state index < -0.39 is 0 Å². The minimum Gasteiger partial charge on any atom is -0.0882 e. The predicted molar refractivity (Wildman–Crippen MR) is 59.7 cm³/mol. The Morgan fingerprint density at radius 3 is 2.54 bits per heavy atom. The first-order valence-corrected chi connectivity index (χ1v) is 6.04. The summed E-state index contributed by atoms with van der Waals surface area (Å²) in [6.07, 6.45) is 12.1. The zero-order valence-corrected chi connectivity index (χ0v) is 9.42. The normalized spacial score (nSPS) is 37.3. The fourth-order valence-corrected chi connectivity index (χ4v) is 2.82. The van der Waals surface area contributed by atoms with Crippen molar-refractivity contribution in [3.63, 3.8) is 0 Å². The molecule has 0 bridgehead atoms. The van der Waals surface area contributed by atoms with E-state index in [0.717, 1.165) is 17.8 Å². The molecule has 0 aromatic carbocycles. The first-order valence-electron chi connectivity index (χ1n) is 6.04. The van der Waals surface area contributed by atoms with E-state index in [0.29, 0.717) is 0 Å². The minimum atomic E-state index is 0.951. The standard InChI is InChI=1S/C11H18.C2H6/c1-9-5-4-7-10-6-2-3-8-11(9)10;1-2/h2,6,9-11H,3-5,7-8H2,1H3;1-2H3. The van der Waals surface area contributed by atoms with E-state index >= 15 is 0 Å². The largest absolute Gasteiger partial charge is 0.0882 e. The summed E-state index contributed by atoms with van der Waals surface area (Å²) >= 11 is 0. The van der Waals surface area contributed by atoms with Crippen LogP contribution in [0.4, 0.5) is 0 Å². The van der Waals surface area contributed by atoms with Crippen molar-refractivity contribution in [3.05, 3.63) is 12.2 Å². The van der Waals surface area contributed by atoms with Gasteiger partial charge in [0.1, 0.15) is 0 Å². The number of rotatable bonds is 0. The second kappa shape index (κ2) is 5.47. The van der Waals surface area contributed by atoms with Gasteiger partial charge in [0.2, 0.25) is 0 Å². The quantitative estimate of drug-likeness (QED) is 0.484. The summed E-state index contributed by atoms with van der Waals surface area (Å²) in [6, 6.07) is 0. The monoisotopic (exact) mass is 180 g/mol. The lowest BCUT2D eigenvalue weighted by Crippen LogP contribution is -2.26. The van der Waals surface area contributed by atoms with Crippen molar-refractivity contribution in [3.8, 4) is 0 Å². The van der Waals surface area contributed by atoms with Gasteiger partial charge in [-0.2, -0.15) is 0 Å². The van der Waals surface area contributed by atoms with Crippen LogP contribution in [0.2, 0.25) is 0 Å². The maximum Gasteiger partial charge on any atom is -0.0202 e. The highest BCUT2D eigenvalue weighted by Crippen LogP contribution is 2.40. The predicted octanol–water partition coefficient (Wildman–Crippen LogP) is 4.42. The smallest absolute Gasteiger partial charge is 0.0202 e. The fraction of sp³-hybridized carbons (Fsp3) is 0.846. The van der Waals surface area contributed by atoms with Gasteiger partial charge in [0.15, 0.2) is 0 Å². The molecule has 0 nitrogen and oxygen atoms in total. The summed E-state index contributed by atoms with van der Waals surface area (Å²) in [6.45, 7) is 6.44. The van der Waals surface area contributed by atoms with Gasteiger partial charge in [-0.15, -0.1) is 0 Å². The third kappa shape index (κ3) is 2.59. The average Bonchev–Trinajstić information content (AvgIpc) is 2.22. The summed E-state index contributed by atoms with van der Waals surface area (Å²) in [5.41, 5.74) is 0. The molecule has 1 fully saturated rings. The number of fused-ring (bicyclic) bond motifs is 1. The maximum absolute atomic E-state index is 2.48. The summed E-state index contributed by atoms with van der Waals surface area (Å²) in [4.78, 5) is 0. The summed E-state index contributed by atoms with van der Waals surface area (Å²) in [5.74, 6) is 2.99. The Morgan fingerprint density at radius 1 is 1.08 bits per heavy atom. The molecule has 2 rings (SSSR count). The van der Waals surface area contributed by atoms with E-state index in [1.807, 2.05) is 13.8 Å². The van der Waals surface area contributed by atoms with Crippen LogP contribution < -0.4 is 0 Å². The van der Waals surface area contributed by atoms with Crippen LogP contribution in [0.3, 0.4) is 0 Å². The van der Waals surface area contributed by atoms with E-state index in [4.69, 9.17) is 0 Å². The molecule has 0 aliphatic heterocycles. The van der Waals surface area contributed by atoms with Gasteiger partial charge in [0.25, 0.3) is 0 Å². The molecule has 0 amide bonds. The molecule has 0 spiro atoms.